The van der Waals surface area contributed by atoms with Crippen molar-refractivity contribution in [2.24, 2.45) is 5.41 Å². The highest BCUT2D eigenvalue weighted by Crippen LogP contribution is 2.20. The zero-order valence-electron chi connectivity index (χ0n) is 12.0. The van der Waals surface area contributed by atoms with Crippen molar-refractivity contribution in [1.29, 1.82) is 0 Å². The maximum Gasteiger partial charge on any atom is 0.326 e. The molecule has 2 amide bonds. The van der Waals surface area contributed by atoms with E-state index in [9.17, 15) is 14.0 Å². The zero-order valence-corrected chi connectivity index (χ0v) is 12.0. The molecule has 0 aromatic heterocycles. The van der Waals surface area contributed by atoms with Gasteiger partial charge in [-0.3, -0.25) is 0 Å². The summed E-state index contributed by atoms with van der Waals surface area (Å²) in [6, 6.07) is 2.27. The number of hydrogen-bond donors (Lipinski definition) is 3. The highest BCUT2D eigenvalue weighted by molar-refractivity contribution is 5.93. The number of anilines is 1. The number of benzene rings is 1. The number of carbonyl (C=O) groups excluding carboxylic acids is 1. The Kier molecular flexibility index (Phi) is 4.70. The second-order valence-electron chi connectivity index (χ2n) is 5.69. The second kappa shape index (κ2) is 5.90. The van der Waals surface area contributed by atoms with E-state index in [0.29, 0.717) is 11.3 Å². The Morgan fingerprint density at radius 1 is 1.30 bits per heavy atom. The van der Waals surface area contributed by atoms with Crippen molar-refractivity contribution in [3.05, 3.63) is 29.6 Å². The third-order valence-electron chi connectivity index (χ3n) is 2.84. The lowest BCUT2D eigenvalue weighted by Crippen LogP contribution is -2.50. The Labute approximate surface area is 117 Å². The molecule has 6 heteroatoms. The Hall–Kier alpha value is -2.11. The fraction of sp³-hybridized carbons (Fsp3) is 0.429. The molecule has 110 valence electrons. The number of halogens is 1. The normalized spacial score (nSPS) is 12.7. The van der Waals surface area contributed by atoms with Crippen LogP contribution in [0.3, 0.4) is 0 Å². The topological polar surface area (TPSA) is 78.4 Å². The second-order valence-corrected chi connectivity index (χ2v) is 5.69. The number of carboxylic acid groups (broad SMARTS) is 1. The highest BCUT2D eigenvalue weighted by atomic mass is 19.1. The van der Waals surface area contributed by atoms with Gasteiger partial charge in [0.05, 0.1) is 0 Å². The van der Waals surface area contributed by atoms with Crippen molar-refractivity contribution in [3.63, 3.8) is 0 Å². The van der Waals surface area contributed by atoms with E-state index in [1.54, 1.807) is 27.7 Å². The lowest BCUT2D eigenvalue weighted by molar-refractivity contribution is -0.141. The number of aliphatic carboxylic acids is 1. The number of amides is 2. The van der Waals surface area contributed by atoms with Crippen molar-refractivity contribution >= 4 is 17.7 Å². The molecule has 1 aromatic rings. The van der Waals surface area contributed by atoms with Crippen LogP contribution in [-0.4, -0.2) is 23.1 Å². The predicted molar refractivity (Wildman–Crippen MR) is 74.2 cm³/mol. The van der Waals surface area contributed by atoms with Crippen LogP contribution in [0.5, 0.6) is 0 Å². The molecule has 0 saturated heterocycles. The average Bonchev–Trinajstić information content (AvgIpc) is 2.29. The molecular weight excluding hydrogens is 263 g/mol. The minimum atomic E-state index is -1.12. The summed E-state index contributed by atoms with van der Waals surface area (Å²) in [4.78, 5) is 23.0. The van der Waals surface area contributed by atoms with Gasteiger partial charge >= 0.3 is 12.0 Å². The molecule has 0 fully saturated rings. The fourth-order valence-corrected chi connectivity index (χ4v) is 1.67. The van der Waals surface area contributed by atoms with Crippen LogP contribution < -0.4 is 10.6 Å². The van der Waals surface area contributed by atoms with Crippen LogP contribution in [0.1, 0.15) is 26.3 Å². The first-order valence-electron chi connectivity index (χ1n) is 6.17. The highest BCUT2D eigenvalue weighted by Gasteiger charge is 2.32. The maximum atomic E-state index is 13.1. The number of rotatable bonds is 3. The molecule has 20 heavy (non-hydrogen) atoms. The molecule has 0 aliphatic carbocycles. The molecule has 0 bridgehead atoms. The number of carbonyl (C=O) groups is 2. The fourth-order valence-electron chi connectivity index (χ4n) is 1.67. The van der Waals surface area contributed by atoms with Crippen molar-refractivity contribution in [3.8, 4) is 0 Å². The molecule has 3 N–H and O–H groups in total. The first-order valence-corrected chi connectivity index (χ1v) is 6.17. The largest absolute Gasteiger partial charge is 0.480 e. The van der Waals surface area contributed by atoms with Gasteiger partial charge in [0.1, 0.15) is 11.9 Å². The van der Waals surface area contributed by atoms with Crippen molar-refractivity contribution < 1.29 is 19.1 Å². The van der Waals surface area contributed by atoms with Gasteiger partial charge in [0.2, 0.25) is 0 Å². The van der Waals surface area contributed by atoms with Gasteiger partial charge in [-0.15, -0.1) is 0 Å². The molecule has 5 nitrogen and oxygen atoms in total. The van der Waals surface area contributed by atoms with Crippen molar-refractivity contribution in [2.75, 3.05) is 5.32 Å². The van der Waals surface area contributed by atoms with Crippen LogP contribution in [0.15, 0.2) is 18.2 Å². The minimum Gasteiger partial charge on any atom is -0.480 e. The summed E-state index contributed by atoms with van der Waals surface area (Å²) in [5.74, 6) is -1.60. The molecule has 0 aliphatic rings. The van der Waals surface area contributed by atoms with Gasteiger partial charge in [-0.2, -0.15) is 0 Å². The first-order chi connectivity index (χ1) is 9.11. The summed E-state index contributed by atoms with van der Waals surface area (Å²) >= 11 is 0. The van der Waals surface area contributed by atoms with Crippen molar-refractivity contribution in [1.82, 2.24) is 5.32 Å². The zero-order chi connectivity index (χ0) is 15.5. The van der Waals surface area contributed by atoms with E-state index in [1.807, 2.05) is 0 Å². The molecule has 0 unspecified atom stereocenters. The molecule has 0 radical (unpaired) electrons. The lowest BCUT2D eigenvalue weighted by atomic mass is 9.87. The van der Waals surface area contributed by atoms with E-state index in [0.717, 1.165) is 0 Å². The Bertz CT molecular complexity index is 524. The van der Waals surface area contributed by atoms with Gasteiger partial charge in [0, 0.05) is 5.69 Å². The SMILES string of the molecule is Cc1ccc(F)cc1NC(=O)N[C@H](C(=O)O)C(C)(C)C. The summed E-state index contributed by atoms with van der Waals surface area (Å²) in [5, 5.41) is 14.0. The van der Waals surface area contributed by atoms with E-state index in [4.69, 9.17) is 5.11 Å². The molecule has 0 aliphatic heterocycles. The quantitative estimate of drug-likeness (QED) is 0.797. The predicted octanol–water partition coefficient (Wildman–Crippen LogP) is 2.75. The molecule has 0 saturated carbocycles. The van der Waals surface area contributed by atoms with Crippen LogP contribution in [0.25, 0.3) is 0 Å². The molecular formula is C14H19FN2O3. The number of urea groups is 1. The number of carboxylic acids is 1. The third-order valence-corrected chi connectivity index (χ3v) is 2.84. The number of hydrogen-bond acceptors (Lipinski definition) is 2. The molecule has 0 spiro atoms. The van der Waals surface area contributed by atoms with E-state index < -0.39 is 29.3 Å². The van der Waals surface area contributed by atoms with Gasteiger partial charge in [0.15, 0.2) is 0 Å². The van der Waals surface area contributed by atoms with E-state index in [-0.39, 0.29) is 0 Å². The molecule has 1 atom stereocenters. The summed E-state index contributed by atoms with van der Waals surface area (Å²) in [6.45, 7) is 6.84. The van der Waals surface area contributed by atoms with Crippen LogP contribution >= 0.6 is 0 Å². The molecule has 0 heterocycles. The summed E-state index contributed by atoms with van der Waals surface area (Å²) < 4.78 is 13.1. The van der Waals surface area contributed by atoms with Gasteiger partial charge < -0.3 is 15.7 Å². The Morgan fingerprint density at radius 2 is 1.90 bits per heavy atom. The van der Waals surface area contributed by atoms with Gasteiger partial charge in [-0.25, -0.2) is 14.0 Å². The third kappa shape index (κ3) is 4.22. The first kappa shape index (κ1) is 15.9. The standard InChI is InChI=1S/C14H19FN2O3/c1-8-5-6-9(15)7-10(8)16-13(20)17-11(12(18)19)14(2,3)4/h5-7,11H,1-4H3,(H,18,19)(H2,16,17,20)/t11-/m1/s1. The summed E-state index contributed by atoms with van der Waals surface area (Å²) in [7, 11) is 0. The van der Waals surface area contributed by atoms with Crippen LogP contribution in [0.2, 0.25) is 0 Å². The summed E-state index contributed by atoms with van der Waals surface area (Å²) in [6.07, 6.45) is 0. The van der Waals surface area contributed by atoms with E-state index in [2.05, 4.69) is 10.6 Å². The smallest absolute Gasteiger partial charge is 0.326 e. The van der Waals surface area contributed by atoms with E-state index >= 15 is 0 Å². The Morgan fingerprint density at radius 3 is 2.40 bits per heavy atom. The lowest BCUT2D eigenvalue weighted by Gasteiger charge is -2.27. The van der Waals surface area contributed by atoms with Crippen LogP contribution in [0, 0.1) is 18.2 Å². The molecule has 1 aromatic carbocycles. The number of nitrogens with one attached hydrogen (secondary N) is 2. The average molecular weight is 282 g/mol. The van der Waals surface area contributed by atoms with Crippen LogP contribution in [0.4, 0.5) is 14.9 Å². The van der Waals surface area contributed by atoms with Gasteiger partial charge in [0.25, 0.3) is 0 Å². The van der Waals surface area contributed by atoms with Gasteiger partial charge in [-0.05, 0) is 30.0 Å². The van der Waals surface area contributed by atoms with E-state index in [1.165, 1.54) is 18.2 Å². The Balaban J connectivity index is 2.81. The minimum absolute atomic E-state index is 0.306. The van der Waals surface area contributed by atoms with Gasteiger partial charge in [-0.1, -0.05) is 26.8 Å². The molecule has 1 rings (SSSR count). The monoisotopic (exact) mass is 282 g/mol. The number of aryl methyl sites for hydroxylation is 1. The summed E-state index contributed by atoms with van der Waals surface area (Å²) in [5.41, 5.74) is 0.352. The maximum absolute atomic E-state index is 13.1. The van der Waals surface area contributed by atoms with Crippen molar-refractivity contribution in [2.45, 2.75) is 33.7 Å². The van der Waals surface area contributed by atoms with Crippen LogP contribution in [-0.2, 0) is 4.79 Å².